The molecule has 1 amide bonds. The Morgan fingerprint density at radius 2 is 2.00 bits per heavy atom. The molecule has 3 nitrogen and oxygen atoms in total. The van der Waals surface area contributed by atoms with Crippen molar-refractivity contribution in [2.75, 3.05) is 19.6 Å². The summed E-state index contributed by atoms with van der Waals surface area (Å²) in [6, 6.07) is 14.5. The molecule has 1 aliphatic heterocycles. The number of benzene rings is 2. The molecule has 1 unspecified atom stereocenters. The van der Waals surface area contributed by atoms with Gasteiger partial charge < -0.3 is 10.2 Å². The first kappa shape index (κ1) is 17.8. The van der Waals surface area contributed by atoms with Gasteiger partial charge in [0.05, 0.1) is 0 Å². The number of hydrogen-bond donors (Lipinski definition) is 1. The number of carbonyl (C=O) groups excluding carboxylic acids is 1. The lowest BCUT2D eigenvalue weighted by Crippen LogP contribution is -2.53. The lowest BCUT2D eigenvalue weighted by atomic mass is 10.0. The van der Waals surface area contributed by atoms with Crippen LogP contribution in [-0.4, -0.2) is 36.5 Å². The maximum Gasteiger partial charge on any atom is 0.254 e. The number of amides is 1. The molecule has 124 valence electrons. The van der Waals surface area contributed by atoms with Crippen LogP contribution in [0.3, 0.4) is 0 Å². The molecule has 1 saturated heterocycles. The van der Waals surface area contributed by atoms with E-state index in [2.05, 4.69) is 29.3 Å². The van der Waals surface area contributed by atoms with Crippen molar-refractivity contribution in [3.63, 3.8) is 0 Å². The summed E-state index contributed by atoms with van der Waals surface area (Å²) >= 11 is 0. The Morgan fingerprint density at radius 1 is 1.22 bits per heavy atom. The zero-order chi connectivity index (χ0) is 15.4. The lowest BCUT2D eigenvalue weighted by Gasteiger charge is -2.36. The summed E-state index contributed by atoms with van der Waals surface area (Å²) in [5, 5.41) is 5.61. The molecule has 3 rings (SSSR count). The van der Waals surface area contributed by atoms with Crippen molar-refractivity contribution in [1.82, 2.24) is 10.2 Å². The monoisotopic (exact) mass is 332 g/mol. The fraction of sp³-hybridized carbons (Fsp3) is 0.421. The average Bonchev–Trinajstić information content (AvgIpc) is 2.59. The number of carbonyl (C=O) groups is 1. The highest BCUT2D eigenvalue weighted by Crippen LogP contribution is 2.22. The van der Waals surface area contributed by atoms with E-state index in [1.165, 1.54) is 12.8 Å². The molecule has 0 aliphatic carbocycles. The van der Waals surface area contributed by atoms with Crippen molar-refractivity contribution in [3.05, 3.63) is 48.0 Å². The van der Waals surface area contributed by atoms with E-state index in [9.17, 15) is 4.79 Å². The summed E-state index contributed by atoms with van der Waals surface area (Å²) in [5.41, 5.74) is 0.835. The van der Waals surface area contributed by atoms with Crippen LogP contribution in [0.15, 0.2) is 42.5 Å². The van der Waals surface area contributed by atoms with Gasteiger partial charge in [-0.2, -0.15) is 0 Å². The van der Waals surface area contributed by atoms with Gasteiger partial charge in [0.15, 0.2) is 0 Å². The molecule has 2 aromatic rings. The Hall–Kier alpha value is -1.58. The number of halogens is 1. The summed E-state index contributed by atoms with van der Waals surface area (Å²) in [4.78, 5) is 15.2. The Balaban J connectivity index is 0.00000192. The Morgan fingerprint density at radius 3 is 2.83 bits per heavy atom. The van der Waals surface area contributed by atoms with E-state index < -0.39 is 0 Å². The molecule has 1 N–H and O–H groups in total. The summed E-state index contributed by atoms with van der Waals surface area (Å²) in [5.74, 6) is 0.180. The third kappa shape index (κ3) is 3.85. The molecular weight excluding hydrogens is 308 g/mol. The van der Waals surface area contributed by atoms with Gasteiger partial charge in [0.25, 0.3) is 5.91 Å². The Labute approximate surface area is 144 Å². The fourth-order valence-corrected chi connectivity index (χ4v) is 3.29. The quantitative estimate of drug-likeness (QED) is 0.922. The van der Waals surface area contributed by atoms with Crippen LogP contribution in [0.1, 0.15) is 36.5 Å². The van der Waals surface area contributed by atoms with E-state index in [0.29, 0.717) is 6.04 Å². The van der Waals surface area contributed by atoms with Crippen molar-refractivity contribution in [3.8, 4) is 0 Å². The van der Waals surface area contributed by atoms with Crippen LogP contribution in [0.2, 0.25) is 0 Å². The van der Waals surface area contributed by atoms with Gasteiger partial charge in [0.1, 0.15) is 0 Å². The Kier molecular flexibility index (Phi) is 6.43. The first-order valence-electron chi connectivity index (χ1n) is 8.30. The molecule has 1 heterocycles. The van der Waals surface area contributed by atoms with Crippen molar-refractivity contribution in [2.24, 2.45) is 0 Å². The lowest BCUT2D eigenvalue weighted by molar-refractivity contribution is 0.0624. The van der Waals surface area contributed by atoms with E-state index in [1.807, 2.05) is 30.3 Å². The van der Waals surface area contributed by atoms with Gasteiger partial charge in [-0.1, -0.05) is 56.2 Å². The van der Waals surface area contributed by atoms with Crippen LogP contribution in [0.25, 0.3) is 10.8 Å². The first-order chi connectivity index (χ1) is 10.8. The zero-order valence-electron chi connectivity index (χ0n) is 13.6. The number of hydrogen-bond acceptors (Lipinski definition) is 2. The molecular formula is C19H25ClN2O. The van der Waals surface area contributed by atoms with E-state index in [4.69, 9.17) is 0 Å². The first-order valence-corrected chi connectivity index (χ1v) is 8.30. The van der Waals surface area contributed by atoms with Gasteiger partial charge in [-0.15, -0.1) is 12.4 Å². The molecule has 0 saturated carbocycles. The third-order valence-electron chi connectivity index (χ3n) is 4.52. The third-order valence-corrected chi connectivity index (χ3v) is 4.52. The number of piperazine rings is 1. The number of unbranched alkanes of at least 4 members (excludes halogenated alkanes) is 1. The van der Waals surface area contributed by atoms with Gasteiger partial charge in [0.2, 0.25) is 0 Å². The van der Waals surface area contributed by atoms with E-state index in [1.54, 1.807) is 0 Å². The van der Waals surface area contributed by atoms with Gasteiger partial charge in [-0.05, 0) is 23.3 Å². The second kappa shape index (κ2) is 8.32. The Bertz CT molecular complexity index is 653. The normalized spacial score (nSPS) is 17.8. The second-order valence-electron chi connectivity index (χ2n) is 6.03. The number of nitrogens with zero attached hydrogens (tertiary/aromatic N) is 1. The molecule has 1 atom stereocenters. The van der Waals surface area contributed by atoms with Crippen molar-refractivity contribution >= 4 is 29.1 Å². The van der Waals surface area contributed by atoms with Crippen molar-refractivity contribution < 1.29 is 4.79 Å². The summed E-state index contributed by atoms with van der Waals surface area (Å²) in [6.45, 7) is 4.80. The van der Waals surface area contributed by atoms with Gasteiger partial charge in [0, 0.05) is 31.2 Å². The second-order valence-corrected chi connectivity index (χ2v) is 6.03. The summed E-state index contributed by atoms with van der Waals surface area (Å²) < 4.78 is 0. The van der Waals surface area contributed by atoms with Crippen LogP contribution >= 0.6 is 12.4 Å². The number of nitrogens with one attached hydrogen (secondary N) is 1. The fourth-order valence-electron chi connectivity index (χ4n) is 3.29. The smallest absolute Gasteiger partial charge is 0.254 e. The van der Waals surface area contributed by atoms with E-state index in [0.717, 1.165) is 42.4 Å². The molecule has 2 aromatic carbocycles. The van der Waals surface area contributed by atoms with Gasteiger partial charge >= 0.3 is 0 Å². The van der Waals surface area contributed by atoms with Gasteiger partial charge in [-0.25, -0.2) is 0 Å². The van der Waals surface area contributed by atoms with Crippen LogP contribution < -0.4 is 5.32 Å². The molecule has 1 fully saturated rings. The minimum atomic E-state index is 0. The van der Waals surface area contributed by atoms with Crippen LogP contribution in [0.4, 0.5) is 0 Å². The predicted molar refractivity (Wildman–Crippen MR) is 98.4 cm³/mol. The predicted octanol–water partition coefficient (Wildman–Crippen LogP) is 3.87. The molecule has 0 aromatic heterocycles. The maximum atomic E-state index is 13.1. The molecule has 0 radical (unpaired) electrons. The van der Waals surface area contributed by atoms with Crippen LogP contribution in [-0.2, 0) is 0 Å². The van der Waals surface area contributed by atoms with Crippen LogP contribution in [0, 0.1) is 0 Å². The van der Waals surface area contributed by atoms with Crippen molar-refractivity contribution in [1.29, 1.82) is 0 Å². The molecule has 4 heteroatoms. The highest BCUT2D eigenvalue weighted by Gasteiger charge is 2.27. The number of rotatable bonds is 4. The molecule has 23 heavy (non-hydrogen) atoms. The SMILES string of the molecule is CCCCC1CNCCN1C(=O)c1cccc2ccccc12.Cl. The van der Waals surface area contributed by atoms with Gasteiger partial charge in [-0.3, -0.25) is 4.79 Å². The van der Waals surface area contributed by atoms with Crippen LogP contribution in [0.5, 0.6) is 0 Å². The maximum absolute atomic E-state index is 13.1. The average molecular weight is 333 g/mol. The standard InChI is InChI=1S/C19H24N2O.ClH/c1-2-3-9-16-14-20-12-13-21(16)19(22)18-11-6-8-15-7-4-5-10-17(15)18;/h4-8,10-11,16,20H,2-3,9,12-14H2,1H3;1H. The summed E-state index contributed by atoms with van der Waals surface area (Å²) in [6.07, 6.45) is 3.43. The number of fused-ring (bicyclic) bond motifs is 1. The van der Waals surface area contributed by atoms with E-state index >= 15 is 0 Å². The van der Waals surface area contributed by atoms with Crippen molar-refractivity contribution in [2.45, 2.75) is 32.2 Å². The molecule has 1 aliphatic rings. The minimum absolute atomic E-state index is 0. The molecule has 0 spiro atoms. The highest BCUT2D eigenvalue weighted by atomic mass is 35.5. The minimum Gasteiger partial charge on any atom is -0.333 e. The zero-order valence-corrected chi connectivity index (χ0v) is 14.4. The molecule has 0 bridgehead atoms. The topological polar surface area (TPSA) is 32.3 Å². The largest absolute Gasteiger partial charge is 0.333 e. The summed E-state index contributed by atoms with van der Waals surface area (Å²) in [7, 11) is 0. The highest BCUT2D eigenvalue weighted by molar-refractivity contribution is 6.07. The van der Waals surface area contributed by atoms with E-state index in [-0.39, 0.29) is 18.3 Å².